The van der Waals surface area contributed by atoms with E-state index in [1.807, 2.05) is 0 Å². The zero-order valence-corrected chi connectivity index (χ0v) is 9.23. The van der Waals surface area contributed by atoms with E-state index in [2.05, 4.69) is 17.5 Å². The fraction of sp³-hybridized carbons (Fsp3) is 0.333. The van der Waals surface area contributed by atoms with E-state index >= 15 is 0 Å². The van der Waals surface area contributed by atoms with Crippen molar-refractivity contribution in [1.29, 1.82) is 0 Å². The van der Waals surface area contributed by atoms with Crippen LogP contribution in [-0.4, -0.2) is 11.0 Å². The number of hydrogen-bond donors (Lipinski definition) is 1. The summed E-state index contributed by atoms with van der Waals surface area (Å²) in [7, 11) is 0. The molecule has 0 heterocycles. The van der Waals surface area contributed by atoms with Gasteiger partial charge in [-0.1, -0.05) is 12.2 Å². The summed E-state index contributed by atoms with van der Waals surface area (Å²) in [4.78, 5) is 10.0. The normalized spacial score (nSPS) is 19.0. The first-order chi connectivity index (χ1) is 8.15. The smallest absolute Gasteiger partial charge is 0.274 e. The number of benzene rings is 1. The molecule has 0 amide bonds. The number of nitrogens with one attached hydrogen (secondary N) is 1. The second kappa shape index (κ2) is 4.95. The maximum Gasteiger partial charge on any atom is 0.274 e. The van der Waals surface area contributed by atoms with Gasteiger partial charge in [-0.2, -0.15) is 0 Å². The molecule has 2 rings (SSSR count). The molecule has 0 saturated heterocycles. The van der Waals surface area contributed by atoms with Crippen LogP contribution in [0.15, 0.2) is 30.4 Å². The van der Waals surface area contributed by atoms with Crippen LogP contribution in [0.1, 0.15) is 19.3 Å². The Morgan fingerprint density at radius 1 is 1.35 bits per heavy atom. The molecule has 1 aliphatic rings. The molecular formula is C12H13FN2O2. The van der Waals surface area contributed by atoms with Crippen molar-refractivity contribution in [2.75, 3.05) is 5.32 Å². The van der Waals surface area contributed by atoms with Gasteiger partial charge in [0.15, 0.2) is 0 Å². The van der Waals surface area contributed by atoms with Crippen LogP contribution in [-0.2, 0) is 0 Å². The van der Waals surface area contributed by atoms with E-state index < -0.39 is 10.7 Å². The van der Waals surface area contributed by atoms with Crippen LogP contribution in [0.25, 0.3) is 0 Å². The number of hydrogen-bond acceptors (Lipinski definition) is 3. The average Bonchev–Trinajstić information content (AvgIpc) is 2.29. The Bertz CT molecular complexity index is 460. The lowest BCUT2D eigenvalue weighted by atomic mass is 10.0. The molecule has 1 aromatic carbocycles. The summed E-state index contributed by atoms with van der Waals surface area (Å²) in [5.41, 5.74) is 0.246. The summed E-state index contributed by atoms with van der Waals surface area (Å²) in [6.45, 7) is 0. The first-order valence-corrected chi connectivity index (χ1v) is 5.51. The minimum atomic E-state index is -0.590. The molecule has 1 aromatic rings. The zero-order chi connectivity index (χ0) is 12.3. The molecule has 1 unspecified atom stereocenters. The van der Waals surface area contributed by atoms with E-state index in [4.69, 9.17) is 0 Å². The lowest BCUT2D eigenvalue weighted by Crippen LogP contribution is -2.20. The molecule has 90 valence electrons. The number of nitrogens with zero attached hydrogens (tertiary/aromatic N) is 1. The standard InChI is InChI=1S/C12H13FN2O2/c13-9-6-11(8-12(7-9)15(16)17)14-10-4-2-1-3-5-10/h1-2,6-8,10,14H,3-5H2. The number of anilines is 1. The Labute approximate surface area is 98.3 Å². The van der Waals surface area contributed by atoms with E-state index in [9.17, 15) is 14.5 Å². The summed E-state index contributed by atoms with van der Waals surface area (Å²) in [6.07, 6.45) is 6.97. The van der Waals surface area contributed by atoms with Gasteiger partial charge in [0.2, 0.25) is 0 Å². The molecule has 4 nitrogen and oxygen atoms in total. The van der Waals surface area contributed by atoms with Gasteiger partial charge < -0.3 is 5.32 Å². The van der Waals surface area contributed by atoms with Crippen molar-refractivity contribution in [1.82, 2.24) is 0 Å². The van der Waals surface area contributed by atoms with E-state index in [1.165, 1.54) is 12.1 Å². The van der Waals surface area contributed by atoms with Crippen LogP contribution in [0.2, 0.25) is 0 Å². The molecule has 5 heteroatoms. The molecule has 0 spiro atoms. The van der Waals surface area contributed by atoms with Crippen LogP contribution in [0.3, 0.4) is 0 Å². The number of non-ortho nitro benzene ring substituents is 1. The maximum atomic E-state index is 13.2. The van der Waals surface area contributed by atoms with Crippen molar-refractivity contribution in [3.05, 3.63) is 46.3 Å². The average molecular weight is 236 g/mol. The van der Waals surface area contributed by atoms with Crippen molar-refractivity contribution in [2.45, 2.75) is 25.3 Å². The third-order valence-corrected chi connectivity index (χ3v) is 2.73. The highest BCUT2D eigenvalue weighted by Crippen LogP contribution is 2.23. The van der Waals surface area contributed by atoms with Crippen molar-refractivity contribution in [3.63, 3.8) is 0 Å². The van der Waals surface area contributed by atoms with Crippen molar-refractivity contribution < 1.29 is 9.31 Å². The summed E-state index contributed by atoms with van der Waals surface area (Å²) >= 11 is 0. The summed E-state index contributed by atoms with van der Waals surface area (Å²) < 4.78 is 13.2. The van der Waals surface area contributed by atoms with Gasteiger partial charge in [0, 0.05) is 17.8 Å². The van der Waals surface area contributed by atoms with Gasteiger partial charge in [-0.05, 0) is 25.3 Å². The molecule has 0 fully saturated rings. The number of nitro groups is 1. The maximum absolute atomic E-state index is 13.2. The first-order valence-electron chi connectivity index (χ1n) is 5.51. The molecule has 0 saturated carbocycles. The molecule has 17 heavy (non-hydrogen) atoms. The lowest BCUT2D eigenvalue weighted by molar-refractivity contribution is -0.385. The van der Waals surface area contributed by atoms with Crippen LogP contribution in [0.4, 0.5) is 15.8 Å². The molecule has 0 aliphatic heterocycles. The van der Waals surface area contributed by atoms with Gasteiger partial charge in [0.05, 0.1) is 11.0 Å². The van der Waals surface area contributed by atoms with Crippen molar-refractivity contribution in [2.24, 2.45) is 0 Å². The summed E-state index contributed by atoms with van der Waals surface area (Å²) in [5, 5.41) is 13.7. The van der Waals surface area contributed by atoms with E-state index in [-0.39, 0.29) is 11.7 Å². The van der Waals surface area contributed by atoms with E-state index in [1.54, 1.807) is 0 Å². The Kier molecular flexibility index (Phi) is 3.37. The number of nitro benzene ring substituents is 1. The predicted octanol–water partition coefficient (Wildman–Crippen LogP) is 3.25. The largest absolute Gasteiger partial charge is 0.382 e. The summed E-state index contributed by atoms with van der Waals surface area (Å²) in [5.74, 6) is -0.590. The van der Waals surface area contributed by atoms with Gasteiger partial charge in [-0.25, -0.2) is 4.39 Å². The fourth-order valence-electron chi connectivity index (χ4n) is 1.92. The van der Waals surface area contributed by atoms with Gasteiger partial charge in [-0.3, -0.25) is 10.1 Å². The third kappa shape index (κ3) is 3.03. The number of halogens is 1. The second-order valence-corrected chi connectivity index (χ2v) is 4.08. The SMILES string of the molecule is O=[N+]([O-])c1cc(F)cc(NC2CC=CCC2)c1. The van der Waals surface area contributed by atoms with Gasteiger partial charge in [0.1, 0.15) is 5.82 Å². The molecular weight excluding hydrogens is 223 g/mol. The van der Waals surface area contributed by atoms with Gasteiger partial charge >= 0.3 is 0 Å². The minimum absolute atomic E-state index is 0.223. The Balaban J connectivity index is 2.14. The quantitative estimate of drug-likeness (QED) is 0.498. The first kappa shape index (κ1) is 11.6. The van der Waals surface area contributed by atoms with Gasteiger partial charge in [-0.15, -0.1) is 0 Å². The van der Waals surface area contributed by atoms with Crippen molar-refractivity contribution in [3.8, 4) is 0 Å². The molecule has 1 atom stereocenters. The molecule has 1 N–H and O–H groups in total. The molecule has 1 aliphatic carbocycles. The highest BCUT2D eigenvalue weighted by Gasteiger charge is 2.13. The number of rotatable bonds is 3. The fourth-order valence-corrected chi connectivity index (χ4v) is 1.92. The minimum Gasteiger partial charge on any atom is -0.382 e. The lowest BCUT2D eigenvalue weighted by Gasteiger charge is -2.20. The molecule has 0 radical (unpaired) electrons. The predicted molar refractivity (Wildman–Crippen MR) is 63.5 cm³/mol. The monoisotopic (exact) mass is 236 g/mol. The van der Waals surface area contributed by atoms with E-state index in [0.29, 0.717) is 5.69 Å². The second-order valence-electron chi connectivity index (χ2n) is 4.08. The van der Waals surface area contributed by atoms with Crippen LogP contribution >= 0.6 is 0 Å². The summed E-state index contributed by atoms with van der Waals surface area (Å²) in [6, 6.07) is 3.79. The van der Waals surface area contributed by atoms with Gasteiger partial charge in [0.25, 0.3) is 5.69 Å². The Morgan fingerprint density at radius 3 is 2.82 bits per heavy atom. The molecule has 0 bridgehead atoms. The Hall–Kier alpha value is -1.91. The van der Waals surface area contributed by atoms with E-state index in [0.717, 1.165) is 25.3 Å². The highest BCUT2D eigenvalue weighted by atomic mass is 19.1. The highest BCUT2D eigenvalue weighted by molar-refractivity contribution is 5.52. The number of allylic oxidation sites excluding steroid dienone is 1. The van der Waals surface area contributed by atoms with Crippen LogP contribution in [0, 0.1) is 15.9 Å². The topological polar surface area (TPSA) is 55.2 Å². The molecule has 0 aromatic heterocycles. The third-order valence-electron chi connectivity index (χ3n) is 2.73. The van der Waals surface area contributed by atoms with Crippen molar-refractivity contribution >= 4 is 11.4 Å². The Morgan fingerprint density at radius 2 is 2.18 bits per heavy atom. The van der Waals surface area contributed by atoms with Crippen LogP contribution < -0.4 is 5.32 Å². The zero-order valence-electron chi connectivity index (χ0n) is 9.23. The van der Waals surface area contributed by atoms with Crippen LogP contribution in [0.5, 0.6) is 0 Å².